The van der Waals surface area contributed by atoms with Gasteiger partial charge in [0.2, 0.25) is 0 Å². The molecule has 0 bridgehead atoms. The Bertz CT molecular complexity index is 717. The predicted octanol–water partition coefficient (Wildman–Crippen LogP) is 3.43. The number of benzene rings is 2. The summed E-state index contributed by atoms with van der Waals surface area (Å²) in [6.07, 6.45) is -0.0599. The van der Waals surface area contributed by atoms with Crippen LogP contribution in [0.4, 0.5) is 5.69 Å². The molecule has 1 atom stereocenters. The summed E-state index contributed by atoms with van der Waals surface area (Å²) in [5, 5.41) is 10.7. The Morgan fingerprint density at radius 2 is 2.14 bits per heavy atom. The van der Waals surface area contributed by atoms with Crippen LogP contribution in [-0.4, -0.2) is 24.7 Å². The van der Waals surface area contributed by atoms with E-state index in [0.717, 1.165) is 5.56 Å². The fourth-order valence-electron chi connectivity index (χ4n) is 2.68. The highest BCUT2D eigenvalue weighted by Gasteiger charge is 2.28. The van der Waals surface area contributed by atoms with Crippen LogP contribution in [0.15, 0.2) is 42.5 Å². The number of aliphatic hydroxyl groups is 1. The van der Waals surface area contributed by atoms with Crippen LogP contribution in [0.25, 0.3) is 0 Å². The quantitative estimate of drug-likeness (QED) is 0.923. The van der Waals surface area contributed by atoms with E-state index in [-0.39, 0.29) is 5.91 Å². The molecule has 3 rings (SSSR count). The van der Waals surface area contributed by atoms with E-state index in [0.29, 0.717) is 35.0 Å². The van der Waals surface area contributed by atoms with E-state index in [1.165, 1.54) is 0 Å². The third kappa shape index (κ3) is 2.67. The predicted molar refractivity (Wildman–Crippen MR) is 85.7 cm³/mol. The lowest BCUT2D eigenvalue weighted by Crippen LogP contribution is -2.36. The topological polar surface area (TPSA) is 49.8 Å². The zero-order chi connectivity index (χ0) is 15.7. The number of amides is 1. The highest BCUT2D eigenvalue weighted by Crippen LogP contribution is 2.37. The fourth-order valence-corrected chi connectivity index (χ4v) is 2.87. The fraction of sp³-hybridized carbons (Fsp3) is 0.235. The van der Waals surface area contributed by atoms with Crippen molar-refractivity contribution in [3.05, 3.63) is 58.6 Å². The molecular weight excluding hydrogens is 302 g/mol. The van der Waals surface area contributed by atoms with Crippen LogP contribution in [0.3, 0.4) is 0 Å². The minimum atomic E-state index is -0.565. The van der Waals surface area contributed by atoms with Crippen LogP contribution in [0.2, 0.25) is 5.02 Å². The number of nitrogens with zero attached hydrogens (tertiary/aromatic N) is 1. The lowest BCUT2D eigenvalue weighted by Gasteiger charge is -2.32. The first-order valence-corrected chi connectivity index (χ1v) is 7.41. The van der Waals surface area contributed by atoms with Crippen molar-refractivity contribution >= 4 is 23.2 Å². The number of methoxy groups -OCH3 is 1. The molecule has 2 aromatic carbocycles. The lowest BCUT2D eigenvalue weighted by molar-refractivity contribution is 0.0970. The molecule has 1 heterocycles. The highest BCUT2D eigenvalue weighted by molar-refractivity contribution is 6.31. The molecule has 1 amide bonds. The maximum atomic E-state index is 12.8. The van der Waals surface area contributed by atoms with Gasteiger partial charge in [-0.25, -0.2) is 0 Å². The number of ether oxygens (including phenoxy) is 1. The third-order valence-corrected chi connectivity index (χ3v) is 4.07. The molecule has 0 spiro atoms. The molecular formula is C17H16ClNO3. The molecule has 0 fully saturated rings. The molecule has 0 saturated heterocycles. The van der Waals surface area contributed by atoms with Crippen LogP contribution in [0.5, 0.6) is 5.75 Å². The Balaban J connectivity index is 2.02. The summed E-state index contributed by atoms with van der Waals surface area (Å²) in [5.41, 5.74) is 1.95. The SMILES string of the molecule is COc1ccc2c(c1)N(C(=O)c1cccc(Cl)c1)CCC2O. The molecule has 1 N–H and O–H groups in total. The van der Waals surface area contributed by atoms with Crippen molar-refractivity contribution in [3.8, 4) is 5.75 Å². The van der Waals surface area contributed by atoms with Gasteiger partial charge in [0.15, 0.2) is 0 Å². The van der Waals surface area contributed by atoms with Crippen LogP contribution in [0, 0.1) is 0 Å². The van der Waals surface area contributed by atoms with E-state index < -0.39 is 6.10 Å². The van der Waals surface area contributed by atoms with Crippen LogP contribution >= 0.6 is 11.6 Å². The Morgan fingerprint density at radius 3 is 2.86 bits per heavy atom. The van der Waals surface area contributed by atoms with Gasteiger partial charge in [0.05, 0.1) is 18.9 Å². The lowest BCUT2D eigenvalue weighted by atomic mass is 9.97. The number of carbonyl (C=O) groups excluding carboxylic acids is 1. The first kappa shape index (κ1) is 14.9. The van der Waals surface area contributed by atoms with Crippen molar-refractivity contribution in [2.75, 3.05) is 18.6 Å². The maximum Gasteiger partial charge on any atom is 0.258 e. The molecule has 22 heavy (non-hydrogen) atoms. The summed E-state index contributed by atoms with van der Waals surface area (Å²) >= 11 is 5.97. The smallest absolute Gasteiger partial charge is 0.258 e. The summed E-state index contributed by atoms with van der Waals surface area (Å²) < 4.78 is 5.23. The number of anilines is 1. The van der Waals surface area contributed by atoms with E-state index in [1.54, 1.807) is 54.5 Å². The van der Waals surface area contributed by atoms with Gasteiger partial charge in [-0.2, -0.15) is 0 Å². The molecule has 1 unspecified atom stereocenters. The second-order valence-electron chi connectivity index (χ2n) is 5.20. The monoisotopic (exact) mass is 317 g/mol. The summed E-state index contributed by atoms with van der Waals surface area (Å²) in [6, 6.07) is 12.2. The normalized spacial score (nSPS) is 17.0. The zero-order valence-corrected chi connectivity index (χ0v) is 12.9. The Morgan fingerprint density at radius 1 is 1.32 bits per heavy atom. The average Bonchev–Trinajstić information content (AvgIpc) is 2.54. The Labute approximate surface area is 133 Å². The molecule has 2 aromatic rings. The highest BCUT2D eigenvalue weighted by atomic mass is 35.5. The average molecular weight is 318 g/mol. The van der Waals surface area contributed by atoms with Gasteiger partial charge in [-0.3, -0.25) is 4.79 Å². The van der Waals surface area contributed by atoms with Crippen molar-refractivity contribution in [1.29, 1.82) is 0 Å². The van der Waals surface area contributed by atoms with E-state index in [2.05, 4.69) is 0 Å². The standard InChI is InChI=1S/C17H16ClNO3/c1-22-13-5-6-14-15(10-13)19(8-7-16(14)20)17(21)11-3-2-4-12(18)9-11/h2-6,9-10,16,20H,7-8H2,1H3. The van der Waals surface area contributed by atoms with Crippen molar-refractivity contribution < 1.29 is 14.6 Å². The molecule has 0 aliphatic carbocycles. The van der Waals surface area contributed by atoms with Crippen molar-refractivity contribution in [3.63, 3.8) is 0 Å². The second-order valence-corrected chi connectivity index (χ2v) is 5.63. The number of fused-ring (bicyclic) bond motifs is 1. The van der Waals surface area contributed by atoms with Gasteiger partial charge in [-0.05, 0) is 30.7 Å². The number of hydrogen-bond acceptors (Lipinski definition) is 3. The number of rotatable bonds is 2. The van der Waals surface area contributed by atoms with Gasteiger partial charge in [0.1, 0.15) is 5.75 Å². The third-order valence-electron chi connectivity index (χ3n) is 3.83. The van der Waals surface area contributed by atoms with E-state index in [9.17, 15) is 9.90 Å². The summed E-state index contributed by atoms with van der Waals surface area (Å²) in [6.45, 7) is 0.451. The van der Waals surface area contributed by atoms with Gasteiger partial charge < -0.3 is 14.7 Å². The molecule has 1 aliphatic heterocycles. The molecule has 0 saturated carbocycles. The first-order chi connectivity index (χ1) is 10.6. The van der Waals surface area contributed by atoms with E-state index >= 15 is 0 Å². The van der Waals surface area contributed by atoms with Crippen LogP contribution < -0.4 is 9.64 Å². The first-order valence-electron chi connectivity index (χ1n) is 7.03. The Kier molecular flexibility index (Phi) is 4.05. The summed E-state index contributed by atoms with van der Waals surface area (Å²) in [7, 11) is 1.57. The van der Waals surface area contributed by atoms with Gasteiger partial charge in [-0.1, -0.05) is 23.7 Å². The van der Waals surface area contributed by atoms with E-state index in [1.807, 2.05) is 0 Å². The van der Waals surface area contributed by atoms with Crippen molar-refractivity contribution in [1.82, 2.24) is 0 Å². The van der Waals surface area contributed by atoms with Crippen molar-refractivity contribution in [2.45, 2.75) is 12.5 Å². The molecule has 0 radical (unpaired) electrons. The molecule has 4 nitrogen and oxygen atoms in total. The van der Waals surface area contributed by atoms with Gasteiger partial charge in [0, 0.05) is 28.8 Å². The number of carbonyl (C=O) groups is 1. The number of aliphatic hydroxyl groups excluding tert-OH is 1. The zero-order valence-electron chi connectivity index (χ0n) is 12.1. The Hall–Kier alpha value is -2.04. The van der Waals surface area contributed by atoms with E-state index in [4.69, 9.17) is 16.3 Å². The number of hydrogen-bond donors (Lipinski definition) is 1. The van der Waals surface area contributed by atoms with Gasteiger partial charge in [-0.15, -0.1) is 0 Å². The van der Waals surface area contributed by atoms with Crippen LogP contribution in [-0.2, 0) is 0 Å². The number of halogens is 1. The molecule has 114 valence electrons. The summed E-state index contributed by atoms with van der Waals surface area (Å²) in [4.78, 5) is 14.4. The largest absolute Gasteiger partial charge is 0.497 e. The molecule has 0 aromatic heterocycles. The maximum absolute atomic E-state index is 12.8. The van der Waals surface area contributed by atoms with Crippen molar-refractivity contribution in [2.24, 2.45) is 0 Å². The summed E-state index contributed by atoms with van der Waals surface area (Å²) in [5.74, 6) is 0.514. The van der Waals surface area contributed by atoms with Gasteiger partial charge >= 0.3 is 0 Å². The minimum Gasteiger partial charge on any atom is -0.497 e. The molecule has 5 heteroatoms. The van der Waals surface area contributed by atoms with Gasteiger partial charge in [0.25, 0.3) is 5.91 Å². The minimum absolute atomic E-state index is 0.135. The molecule has 1 aliphatic rings. The second kappa shape index (κ2) is 5.99. The van der Waals surface area contributed by atoms with Crippen LogP contribution in [0.1, 0.15) is 28.4 Å².